The van der Waals surface area contributed by atoms with Crippen molar-refractivity contribution in [3.05, 3.63) is 24.3 Å². The predicted octanol–water partition coefficient (Wildman–Crippen LogP) is 3.25. The molecule has 142 valence electrons. The highest BCUT2D eigenvalue weighted by Crippen LogP contribution is 2.34. The first-order valence-electron chi connectivity index (χ1n) is 9.39. The Bertz CT molecular complexity index is 469. The monoisotopic (exact) mass is 352 g/mol. The van der Waals surface area contributed by atoms with Gasteiger partial charge in [-0.15, -0.1) is 0 Å². The summed E-state index contributed by atoms with van der Waals surface area (Å²) >= 11 is 0. The van der Waals surface area contributed by atoms with E-state index in [1.165, 1.54) is 0 Å². The van der Waals surface area contributed by atoms with E-state index < -0.39 is 18.2 Å². The summed E-state index contributed by atoms with van der Waals surface area (Å²) in [6, 6.07) is 0. The Labute approximate surface area is 150 Å². The van der Waals surface area contributed by atoms with Gasteiger partial charge in [-0.2, -0.15) is 0 Å². The molecular weight excluding hydrogens is 320 g/mol. The molecule has 0 heterocycles. The second-order valence-electron chi connectivity index (χ2n) is 6.84. The molecular formula is C20H32O5. The number of allylic oxidation sites excluding steroid dienone is 1. The third-order valence-corrected chi connectivity index (χ3v) is 4.72. The maximum atomic E-state index is 12.1. The summed E-state index contributed by atoms with van der Waals surface area (Å²) < 4.78 is 0. The van der Waals surface area contributed by atoms with Gasteiger partial charge < -0.3 is 15.3 Å². The van der Waals surface area contributed by atoms with E-state index in [-0.39, 0.29) is 30.5 Å². The zero-order chi connectivity index (χ0) is 18.7. The lowest BCUT2D eigenvalue weighted by Gasteiger charge is -2.18. The number of carboxylic acids is 1. The van der Waals surface area contributed by atoms with Crippen molar-refractivity contribution in [2.75, 3.05) is 0 Å². The van der Waals surface area contributed by atoms with Gasteiger partial charge in [-0.25, -0.2) is 0 Å². The molecule has 0 amide bonds. The average Bonchev–Trinajstić information content (AvgIpc) is 2.82. The first-order chi connectivity index (χ1) is 12.0. The fourth-order valence-electron chi connectivity index (χ4n) is 3.32. The molecule has 0 bridgehead atoms. The lowest BCUT2D eigenvalue weighted by atomic mass is 9.88. The highest BCUT2D eigenvalue weighted by molar-refractivity contribution is 5.84. The molecule has 1 rings (SSSR count). The molecule has 0 radical (unpaired) electrons. The Morgan fingerprint density at radius 3 is 2.64 bits per heavy atom. The Morgan fingerprint density at radius 2 is 1.96 bits per heavy atom. The Hall–Kier alpha value is -1.46. The summed E-state index contributed by atoms with van der Waals surface area (Å²) in [4.78, 5) is 22.6. The van der Waals surface area contributed by atoms with Gasteiger partial charge in [-0.05, 0) is 25.7 Å². The van der Waals surface area contributed by atoms with E-state index in [1.54, 1.807) is 12.2 Å². The Balaban J connectivity index is 2.43. The number of rotatable bonds is 12. The third-order valence-electron chi connectivity index (χ3n) is 4.72. The quantitative estimate of drug-likeness (QED) is 0.370. The molecule has 1 saturated carbocycles. The number of Topliss-reactive ketones (excluding diaryl/α,β-unsaturated/α-hetero) is 1. The molecule has 0 aromatic rings. The number of unbranched alkanes of at least 4 members (excludes halogenated alkanes) is 3. The average molecular weight is 352 g/mol. The number of carbonyl (C=O) groups is 2. The van der Waals surface area contributed by atoms with Gasteiger partial charge in [-0.3, -0.25) is 9.59 Å². The summed E-state index contributed by atoms with van der Waals surface area (Å²) in [5.41, 5.74) is 0. The second kappa shape index (κ2) is 12.0. The third kappa shape index (κ3) is 8.45. The molecule has 0 aliphatic heterocycles. The molecule has 4 unspecified atom stereocenters. The molecule has 25 heavy (non-hydrogen) atoms. The van der Waals surface area contributed by atoms with E-state index in [9.17, 15) is 19.8 Å². The fraction of sp³-hybridized carbons (Fsp3) is 0.700. The number of aliphatic hydroxyl groups excluding tert-OH is 2. The van der Waals surface area contributed by atoms with E-state index in [0.717, 1.165) is 25.7 Å². The van der Waals surface area contributed by atoms with Crippen LogP contribution in [0.25, 0.3) is 0 Å². The van der Waals surface area contributed by atoms with Crippen LogP contribution in [0.15, 0.2) is 24.3 Å². The Kier molecular flexibility index (Phi) is 10.3. The van der Waals surface area contributed by atoms with Crippen LogP contribution in [0.4, 0.5) is 0 Å². The summed E-state index contributed by atoms with van der Waals surface area (Å²) in [6.07, 6.45) is 12.0. The van der Waals surface area contributed by atoms with Crippen molar-refractivity contribution >= 4 is 11.8 Å². The second-order valence-corrected chi connectivity index (χ2v) is 6.84. The number of carboxylic acid groups (broad SMARTS) is 1. The minimum absolute atomic E-state index is 0.0908. The molecule has 0 aromatic carbocycles. The van der Waals surface area contributed by atoms with Gasteiger partial charge in [0.15, 0.2) is 0 Å². The maximum absolute atomic E-state index is 12.1. The molecule has 0 aromatic heterocycles. The van der Waals surface area contributed by atoms with Crippen LogP contribution in [0.1, 0.15) is 64.7 Å². The van der Waals surface area contributed by atoms with Gasteiger partial charge >= 0.3 is 5.97 Å². The van der Waals surface area contributed by atoms with E-state index in [1.807, 2.05) is 19.1 Å². The van der Waals surface area contributed by atoms with Gasteiger partial charge in [-0.1, -0.05) is 50.5 Å². The Morgan fingerprint density at radius 1 is 1.24 bits per heavy atom. The van der Waals surface area contributed by atoms with Gasteiger partial charge in [0.1, 0.15) is 5.78 Å². The van der Waals surface area contributed by atoms with Crippen LogP contribution in [-0.2, 0) is 9.59 Å². The lowest BCUT2D eigenvalue weighted by Crippen LogP contribution is -2.19. The molecule has 0 spiro atoms. The van der Waals surface area contributed by atoms with Crippen molar-refractivity contribution < 1.29 is 24.9 Å². The smallest absolute Gasteiger partial charge is 0.303 e. The van der Waals surface area contributed by atoms with Crippen LogP contribution < -0.4 is 0 Å². The van der Waals surface area contributed by atoms with Crippen LogP contribution in [-0.4, -0.2) is 39.3 Å². The van der Waals surface area contributed by atoms with Crippen LogP contribution in [0.5, 0.6) is 0 Å². The highest BCUT2D eigenvalue weighted by Gasteiger charge is 2.39. The molecule has 3 N–H and O–H groups in total. The van der Waals surface area contributed by atoms with Crippen molar-refractivity contribution in [1.29, 1.82) is 0 Å². The van der Waals surface area contributed by atoms with Gasteiger partial charge in [0.25, 0.3) is 0 Å². The standard InChI is InChI=1S/C20H32O5/c1-2-3-6-9-15(21)12-13-17-16(18(22)14-19(17)23)10-7-4-5-8-11-20(24)25/h3,6,12-13,15-17,19,21,23H,2,4-5,7-11,14H2,1H3,(H,24,25). The van der Waals surface area contributed by atoms with E-state index >= 15 is 0 Å². The molecule has 0 saturated heterocycles. The maximum Gasteiger partial charge on any atom is 0.303 e. The van der Waals surface area contributed by atoms with Crippen molar-refractivity contribution in [2.45, 2.75) is 76.9 Å². The minimum Gasteiger partial charge on any atom is -0.481 e. The molecule has 1 aliphatic rings. The molecule has 5 heteroatoms. The van der Waals surface area contributed by atoms with Gasteiger partial charge in [0.2, 0.25) is 0 Å². The zero-order valence-electron chi connectivity index (χ0n) is 15.1. The molecule has 1 aliphatic carbocycles. The van der Waals surface area contributed by atoms with E-state index in [4.69, 9.17) is 5.11 Å². The first-order valence-corrected chi connectivity index (χ1v) is 9.39. The van der Waals surface area contributed by atoms with Crippen LogP contribution in [0.3, 0.4) is 0 Å². The summed E-state index contributed by atoms with van der Waals surface area (Å²) in [6.45, 7) is 2.03. The molecule has 5 nitrogen and oxygen atoms in total. The number of hydrogen-bond acceptors (Lipinski definition) is 4. The largest absolute Gasteiger partial charge is 0.481 e. The number of aliphatic hydroxyl groups is 2. The summed E-state index contributed by atoms with van der Waals surface area (Å²) in [5.74, 6) is -1.10. The lowest BCUT2D eigenvalue weighted by molar-refractivity contribution is -0.137. The number of carbonyl (C=O) groups excluding carboxylic acids is 1. The van der Waals surface area contributed by atoms with Crippen molar-refractivity contribution in [3.8, 4) is 0 Å². The summed E-state index contributed by atoms with van der Waals surface area (Å²) in [7, 11) is 0. The van der Waals surface area contributed by atoms with Crippen molar-refractivity contribution in [3.63, 3.8) is 0 Å². The van der Waals surface area contributed by atoms with Crippen molar-refractivity contribution in [2.24, 2.45) is 11.8 Å². The van der Waals surface area contributed by atoms with Crippen LogP contribution >= 0.6 is 0 Å². The predicted molar refractivity (Wildman–Crippen MR) is 97.1 cm³/mol. The number of ketones is 1. The zero-order valence-corrected chi connectivity index (χ0v) is 15.1. The summed E-state index contributed by atoms with van der Waals surface area (Å²) in [5, 5.41) is 28.7. The van der Waals surface area contributed by atoms with Crippen LogP contribution in [0.2, 0.25) is 0 Å². The normalized spacial score (nSPS) is 25.2. The van der Waals surface area contributed by atoms with Gasteiger partial charge in [0.05, 0.1) is 12.2 Å². The number of hydrogen-bond donors (Lipinski definition) is 3. The molecule has 4 atom stereocenters. The fourth-order valence-corrected chi connectivity index (χ4v) is 3.32. The van der Waals surface area contributed by atoms with E-state index in [0.29, 0.717) is 19.3 Å². The topological polar surface area (TPSA) is 94.8 Å². The minimum atomic E-state index is -0.772. The first kappa shape index (κ1) is 21.6. The van der Waals surface area contributed by atoms with Crippen LogP contribution in [0, 0.1) is 11.8 Å². The number of aliphatic carboxylic acids is 1. The molecule has 1 fully saturated rings. The van der Waals surface area contributed by atoms with E-state index in [2.05, 4.69) is 0 Å². The highest BCUT2D eigenvalue weighted by atomic mass is 16.4. The van der Waals surface area contributed by atoms with Crippen molar-refractivity contribution in [1.82, 2.24) is 0 Å². The van der Waals surface area contributed by atoms with Gasteiger partial charge in [0, 0.05) is 24.7 Å². The SMILES string of the molecule is CCC=CCC(O)C=CC1C(O)CC(=O)C1CCCCCCC(=O)O.